The second-order valence-corrected chi connectivity index (χ2v) is 10.6. The smallest absolute Gasteiger partial charge is 0.271 e. The van der Waals surface area contributed by atoms with Crippen molar-refractivity contribution < 1.29 is 0 Å². The van der Waals surface area contributed by atoms with E-state index in [0.29, 0.717) is 23.1 Å². The molecule has 2 aliphatic carbocycles. The first kappa shape index (κ1) is 29.7. The van der Waals surface area contributed by atoms with Gasteiger partial charge < -0.3 is 9.41 Å². The van der Waals surface area contributed by atoms with Crippen molar-refractivity contribution in [1.82, 2.24) is 49.0 Å². The van der Waals surface area contributed by atoms with Crippen LogP contribution in [0.1, 0.15) is 64.0 Å². The molecule has 2 fully saturated rings. The Hall–Kier alpha value is -4.82. The molecule has 0 aliphatic heterocycles. The Balaban J connectivity index is 0.000000164. The molecule has 6 aromatic rings. The number of aryl methyl sites for hydroxylation is 2. The molecule has 0 atom stereocenters. The minimum absolute atomic E-state index is 0. The molecule has 43 heavy (non-hydrogen) atoms. The van der Waals surface area contributed by atoms with Crippen LogP contribution in [0.3, 0.4) is 0 Å². The minimum atomic E-state index is 0. The Morgan fingerprint density at radius 1 is 0.721 bits per heavy atom. The minimum Gasteiger partial charge on any atom is -0.361 e. The number of aromatic nitrogens is 10. The van der Waals surface area contributed by atoms with Gasteiger partial charge in [-0.15, -0.1) is 0 Å². The summed E-state index contributed by atoms with van der Waals surface area (Å²) in [7, 11) is 0. The molecule has 8 rings (SSSR count). The summed E-state index contributed by atoms with van der Waals surface area (Å²) in [6, 6.07) is 8.12. The van der Waals surface area contributed by atoms with Gasteiger partial charge in [-0.2, -0.15) is 0 Å². The largest absolute Gasteiger partial charge is 0.361 e. The molecule has 0 N–H and O–H groups in total. The van der Waals surface area contributed by atoms with Crippen LogP contribution in [0.15, 0.2) is 49.3 Å². The van der Waals surface area contributed by atoms with Crippen molar-refractivity contribution in [2.24, 2.45) is 0 Å². The highest BCUT2D eigenvalue weighted by Crippen LogP contribution is 2.42. The zero-order valence-corrected chi connectivity index (χ0v) is 23.2. The normalized spacial score (nSPS) is 13.9. The Bertz CT molecular complexity index is 1980. The van der Waals surface area contributed by atoms with Gasteiger partial charge in [-0.1, -0.05) is 38.0 Å². The number of pyridine rings is 2. The maximum absolute atomic E-state index is 7.13. The van der Waals surface area contributed by atoms with Crippen molar-refractivity contribution in [3.8, 4) is 22.8 Å². The predicted molar refractivity (Wildman–Crippen MR) is 168 cm³/mol. The van der Waals surface area contributed by atoms with E-state index in [4.69, 9.17) is 28.1 Å². The summed E-state index contributed by atoms with van der Waals surface area (Å²) in [4.78, 5) is 38.4. The summed E-state index contributed by atoms with van der Waals surface area (Å²) < 4.78 is 4.31. The number of hydrogen-bond acceptors (Lipinski definition) is 8. The number of imidazole rings is 2. The number of halogens is 1. The molecule has 0 aromatic carbocycles. The van der Waals surface area contributed by atoms with E-state index in [1.54, 1.807) is 24.7 Å². The fourth-order valence-electron chi connectivity index (χ4n) is 4.93. The van der Waals surface area contributed by atoms with Gasteiger partial charge >= 0.3 is 0 Å². The van der Waals surface area contributed by atoms with Crippen LogP contribution in [-0.2, 0) is 0 Å². The lowest BCUT2D eigenvalue weighted by molar-refractivity contribution is 0.764. The highest BCUT2D eigenvalue weighted by atomic mass is 35.5. The van der Waals surface area contributed by atoms with E-state index < -0.39 is 0 Å². The molecule has 0 unspecified atom stereocenters. The third-order valence-electron chi connectivity index (χ3n) is 7.27. The molecule has 11 nitrogen and oxygen atoms in total. The van der Waals surface area contributed by atoms with Crippen LogP contribution in [0.2, 0.25) is 5.15 Å². The fraction of sp³-hybridized carbons (Fsp3) is 0.323. The van der Waals surface area contributed by atoms with Crippen molar-refractivity contribution in [3.05, 3.63) is 77.3 Å². The van der Waals surface area contributed by atoms with Crippen LogP contribution in [0, 0.1) is 20.4 Å². The highest BCUT2D eigenvalue weighted by molar-refractivity contribution is 6.29. The van der Waals surface area contributed by atoms with E-state index in [2.05, 4.69) is 43.9 Å². The molecule has 2 saturated carbocycles. The van der Waals surface area contributed by atoms with Crippen LogP contribution < -0.4 is 0 Å². The summed E-state index contributed by atoms with van der Waals surface area (Å²) in [5.74, 6) is 2.13. The van der Waals surface area contributed by atoms with Crippen molar-refractivity contribution in [3.63, 3.8) is 0 Å². The Morgan fingerprint density at radius 2 is 1.21 bits per heavy atom. The lowest BCUT2D eigenvalue weighted by Gasteiger charge is -2.08. The van der Waals surface area contributed by atoms with Gasteiger partial charge in [0.05, 0.1) is 22.5 Å². The van der Waals surface area contributed by atoms with Gasteiger partial charge in [-0.25, -0.2) is 34.9 Å². The fourth-order valence-corrected chi connectivity index (χ4v) is 5.08. The summed E-state index contributed by atoms with van der Waals surface area (Å²) in [5.41, 5.74) is 6.99. The average molecular weight is 594 g/mol. The first-order valence-corrected chi connectivity index (χ1v) is 13.7. The molecule has 0 spiro atoms. The van der Waals surface area contributed by atoms with E-state index in [1.165, 1.54) is 6.33 Å². The lowest BCUT2D eigenvalue weighted by atomic mass is 10.2. The van der Waals surface area contributed by atoms with Gasteiger partial charge in [0.2, 0.25) is 0 Å². The Morgan fingerprint density at radius 3 is 1.67 bits per heavy atom. The number of hydrogen-bond donors (Lipinski definition) is 0. The van der Waals surface area contributed by atoms with Crippen molar-refractivity contribution in [2.75, 3.05) is 0 Å². The maximum Gasteiger partial charge on any atom is 0.271 e. The molecule has 0 radical (unpaired) electrons. The zero-order chi connectivity index (χ0) is 28.1. The lowest BCUT2D eigenvalue weighted by Crippen LogP contribution is -2.01. The molecular formula is C31H32ClN11. The molecule has 6 heterocycles. The number of rotatable bonds is 4. The van der Waals surface area contributed by atoms with Crippen LogP contribution in [0.25, 0.3) is 49.9 Å². The molecule has 0 amide bonds. The summed E-state index contributed by atoms with van der Waals surface area (Å²) >= 11 is 6.03. The van der Waals surface area contributed by atoms with E-state index >= 15 is 0 Å². The standard InChI is InChI=1S/C15H12N6.C14H12ClN5.2CH4/c1-9-11(7-17-8-18-9)14-19-12-5-6-13(16-2)20-15(12)21(14)10-3-4-10;1-8-10(6-16-7-17-8)13-18-11-4-5-12(15)19-14(11)20(13)9-2-3-9;;/h5-8,10H,3-4H2,1H3;4-7,9H,2-3H2,1H3;2*1H4. The summed E-state index contributed by atoms with van der Waals surface area (Å²) in [6.07, 6.45) is 11.2. The molecule has 12 heteroatoms. The van der Waals surface area contributed by atoms with Gasteiger partial charge in [0.25, 0.3) is 11.5 Å². The van der Waals surface area contributed by atoms with E-state index in [0.717, 1.165) is 82.2 Å². The van der Waals surface area contributed by atoms with Crippen LogP contribution >= 0.6 is 11.6 Å². The number of nitrogens with zero attached hydrogens (tertiary/aromatic N) is 11. The van der Waals surface area contributed by atoms with Crippen LogP contribution in [0.4, 0.5) is 5.82 Å². The molecule has 2 aliphatic rings. The second kappa shape index (κ2) is 11.8. The third kappa shape index (κ3) is 5.53. The predicted octanol–water partition coefficient (Wildman–Crippen LogP) is 7.54. The van der Waals surface area contributed by atoms with Gasteiger partial charge in [-0.3, -0.25) is 4.57 Å². The average Bonchev–Trinajstić information content (AvgIpc) is 3.93. The van der Waals surface area contributed by atoms with Gasteiger partial charge in [0.1, 0.15) is 40.5 Å². The zero-order valence-electron chi connectivity index (χ0n) is 22.4. The first-order chi connectivity index (χ1) is 20.0. The van der Waals surface area contributed by atoms with Crippen molar-refractivity contribution in [2.45, 2.75) is 66.5 Å². The quantitative estimate of drug-likeness (QED) is 0.152. The number of fused-ring (bicyclic) bond motifs is 2. The van der Waals surface area contributed by atoms with Gasteiger partial charge in [0.15, 0.2) is 5.65 Å². The topological polar surface area (TPSA) is 117 Å². The van der Waals surface area contributed by atoms with E-state index in [9.17, 15) is 0 Å². The molecule has 0 saturated heterocycles. The molecule has 6 aromatic heterocycles. The van der Waals surface area contributed by atoms with Crippen molar-refractivity contribution >= 4 is 39.7 Å². The molecular weight excluding hydrogens is 562 g/mol. The van der Waals surface area contributed by atoms with Crippen LogP contribution in [-0.4, -0.2) is 49.0 Å². The van der Waals surface area contributed by atoms with E-state index in [1.807, 2.05) is 32.2 Å². The van der Waals surface area contributed by atoms with Crippen molar-refractivity contribution in [1.29, 1.82) is 0 Å². The molecule has 218 valence electrons. The molecule has 0 bridgehead atoms. The monoisotopic (exact) mass is 593 g/mol. The summed E-state index contributed by atoms with van der Waals surface area (Å²) in [5, 5.41) is 0.492. The third-order valence-corrected chi connectivity index (χ3v) is 7.48. The SMILES string of the molecule is C.C.Cc1ncncc1-c1nc2ccc(Cl)nc2n1C1CC1.[C-]#[N+]c1ccc2nc(-c3cncnc3C)n(C3CC3)c2n1. The first-order valence-electron chi connectivity index (χ1n) is 13.4. The summed E-state index contributed by atoms with van der Waals surface area (Å²) in [6.45, 7) is 11.0. The Kier molecular flexibility index (Phi) is 8.15. The Labute approximate surface area is 254 Å². The van der Waals surface area contributed by atoms with Crippen LogP contribution in [0.5, 0.6) is 0 Å². The highest BCUT2D eigenvalue weighted by Gasteiger charge is 2.32. The maximum atomic E-state index is 7.13. The van der Waals surface area contributed by atoms with Gasteiger partial charge in [-0.05, 0) is 63.8 Å². The van der Waals surface area contributed by atoms with E-state index in [-0.39, 0.29) is 14.9 Å². The van der Waals surface area contributed by atoms with Gasteiger partial charge in [0, 0.05) is 24.5 Å². The second-order valence-electron chi connectivity index (χ2n) is 10.2.